The third-order valence-corrected chi connectivity index (χ3v) is 8.36. The molecule has 1 saturated heterocycles. The summed E-state index contributed by atoms with van der Waals surface area (Å²) in [4.78, 5) is 12.7. The molecule has 2 aliphatic carbocycles. The van der Waals surface area contributed by atoms with Crippen molar-refractivity contribution in [2.45, 2.75) is 51.0 Å². The predicted molar refractivity (Wildman–Crippen MR) is 121 cm³/mol. The Bertz CT molecular complexity index is 1240. The lowest BCUT2D eigenvalue weighted by Gasteiger charge is -2.58. The molecule has 31 heavy (non-hydrogen) atoms. The molecular weight excluding hydrogens is 386 g/mol. The number of rotatable bonds is 1. The van der Waals surface area contributed by atoms with Gasteiger partial charge in [0, 0.05) is 23.4 Å². The molecule has 1 fully saturated rings. The van der Waals surface area contributed by atoms with E-state index in [9.17, 15) is 5.11 Å². The minimum absolute atomic E-state index is 0.113. The van der Waals surface area contributed by atoms with Gasteiger partial charge in [-0.1, -0.05) is 6.07 Å². The van der Waals surface area contributed by atoms with Crippen LogP contribution < -0.4 is 4.74 Å². The van der Waals surface area contributed by atoms with E-state index in [1.807, 2.05) is 6.07 Å². The van der Waals surface area contributed by atoms with Gasteiger partial charge in [-0.15, -0.1) is 0 Å². The minimum atomic E-state index is -0.113. The summed E-state index contributed by atoms with van der Waals surface area (Å²) in [6.45, 7) is 5.30. The molecule has 1 aromatic heterocycles. The highest BCUT2D eigenvalue weighted by atomic mass is 16.5. The van der Waals surface area contributed by atoms with Crippen molar-refractivity contribution in [1.29, 1.82) is 0 Å². The van der Waals surface area contributed by atoms with Crippen molar-refractivity contribution in [1.82, 2.24) is 14.9 Å². The van der Waals surface area contributed by atoms with Crippen LogP contribution in [-0.4, -0.2) is 46.7 Å². The Kier molecular flexibility index (Phi) is 3.95. The molecule has 3 atom stereocenters. The zero-order valence-corrected chi connectivity index (χ0v) is 18.7. The van der Waals surface area contributed by atoms with Gasteiger partial charge < -0.3 is 14.7 Å². The first kappa shape index (κ1) is 19.1. The Hall–Kier alpha value is -2.66. The highest BCUT2D eigenvalue weighted by Crippen LogP contribution is 2.57. The first-order chi connectivity index (χ1) is 14.9. The van der Waals surface area contributed by atoms with E-state index in [0.29, 0.717) is 23.5 Å². The Labute approximate surface area is 183 Å². The molecule has 2 unspecified atom stereocenters. The molecule has 0 saturated carbocycles. The van der Waals surface area contributed by atoms with Crippen molar-refractivity contribution in [3.8, 4) is 11.5 Å². The van der Waals surface area contributed by atoms with Crippen LogP contribution in [0.3, 0.4) is 0 Å². The molecule has 2 heterocycles. The fraction of sp³-hybridized carbons (Fsp3) is 0.462. The van der Waals surface area contributed by atoms with Crippen molar-refractivity contribution in [3.63, 3.8) is 0 Å². The molecule has 0 spiro atoms. The van der Waals surface area contributed by atoms with Gasteiger partial charge in [0.25, 0.3) is 0 Å². The first-order valence-electron chi connectivity index (χ1n) is 11.3. The topological polar surface area (TPSA) is 58.5 Å². The summed E-state index contributed by atoms with van der Waals surface area (Å²) < 4.78 is 5.51. The van der Waals surface area contributed by atoms with Gasteiger partial charge in [-0.25, -0.2) is 9.97 Å². The van der Waals surface area contributed by atoms with Gasteiger partial charge in [0.05, 0.1) is 29.5 Å². The molecule has 0 amide bonds. The van der Waals surface area contributed by atoms with Crippen molar-refractivity contribution in [3.05, 3.63) is 57.9 Å². The molecule has 1 N–H and O–H groups in total. The Balaban J connectivity index is 1.58. The van der Waals surface area contributed by atoms with Crippen LogP contribution in [0.1, 0.15) is 40.1 Å². The summed E-state index contributed by atoms with van der Waals surface area (Å²) in [5.41, 5.74) is 8.98. The van der Waals surface area contributed by atoms with E-state index in [1.165, 1.54) is 16.7 Å². The maximum atomic E-state index is 11.3. The van der Waals surface area contributed by atoms with Crippen LogP contribution in [0.15, 0.2) is 24.3 Å². The number of methoxy groups -OCH3 is 1. The van der Waals surface area contributed by atoms with E-state index in [1.54, 1.807) is 7.11 Å². The number of hydrogen-bond acceptors (Lipinski definition) is 5. The summed E-state index contributed by atoms with van der Waals surface area (Å²) in [5.74, 6) is 1.32. The zero-order chi connectivity index (χ0) is 21.5. The van der Waals surface area contributed by atoms with Crippen molar-refractivity contribution in [2.75, 3.05) is 20.7 Å². The molecule has 3 aliphatic rings. The normalized spacial score (nSPS) is 26.8. The monoisotopic (exact) mass is 415 g/mol. The fourth-order valence-electron chi connectivity index (χ4n) is 6.58. The second kappa shape index (κ2) is 6.42. The summed E-state index contributed by atoms with van der Waals surface area (Å²) in [6, 6.07) is 8.86. The number of aromatic nitrogens is 2. The molecule has 160 valence electrons. The van der Waals surface area contributed by atoms with Crippen molar-refractivity contribution < 1.29 is 9.84 Å². The van der Waals surface area contributed by atoms with Crippen LogP contribution in [0.2, 0.25) is 0 Å². The highest BCUT2D eigenvalue weighted by molar-refractivity contribution is 5.77. The van der Waals surface area contributed by atoms with Crippen molar-refractivity contribution >= 4 is 11.0 Å². The first-order valence-corrected chi connectivity index (χ1v) is 11.3. The van der Waals surface area contributed by atoms with E-state index in [4.69, 9.17) is 14.7 Å². The number of phenolic OH excluding ortho intramolecular Hbond substituents is 1. The summed E-state index contributed by atoms with van der Waals surface area (Å²) in [7, 11) is 3.88. The minimum Gasteiger partial charge on any atom is -0.504 e. The third-order valence-electron chi connectivity index (χ3n) is 8.36. The molecule has 3 aromatic rings. The van der Waals surface area contributed by atoms with E-state index in [0.717, 1.165) is 60.2 Å². The number of benzene rings is 2. The molecule has 0 radical (unpaired) electrons. The van der Waals surface area contributed by atoms with Gasteiger partial charge in [-0.3, -0.25) is 0 Å². The second-order valence-electron chi connectivity index (χ2n) is 9.84. The zero-order valence-electron chi connectivity index (χ0n) is 18.7. The van der Waals surface area contributed by atoms with Crippen LogP contribution in [0, 0.1) is 19.8 Å². The number of aryl methyl sites for hydroxylation is 2. The lowest BCUT2D eigenvalue weighted by atomic mass is 9.52. The SMILES string of the molecule is COc1ccc2c(c1O)C13CCN(C)[C@@H](C2)C1Cc1nc2cc(C)c(C)cc2nc1C3. The van der Waals surface area contributed by atoms with Gasteiger partial charge in [0.1, 0.15) is 0 Å². The lowest BCUT2D eigenvalue weighted by molar-refractivity contribution is 0.0211. The van der Waals surface area contributed by atoms with Crippen LogP contribution in [0.25, 0.3) is 11.0 Å². The maximum Gasteiger partial charge on any atom is 0.161 e. The third kappa shape index (κ3) is 2.53. The van der Waals surface area contributed by atoms with Crippen LogP contribution >= 0.6 is 0 Å². The molecule has 5 heteroatoms. The average Bonchev–Trinajstić information content (AvgIpc) is 2.74. The van der Waals surface area contributed by atoms with E-state index in [2.05, 4.69) is 44.0 Å². The molecular formula is C26H29N3O2. The van der Waals surface area contributed by atoms with E-state index >= 15 is 0 Å². The van der Waals surface area contributed by atoms with Gasteiger partial charge in [-0.2, -0.15) is 0 Å². The number of likely N-dealkylation sites (N-methyl/N-ethyl adjacent to an activating group) is 1. The maximum absolute atomic E-state index is 11.3. The predicted octanol–water partition coefficient (Wildman–Crippen LogP) is 3.87. The van der Waals surface area contributed by atoms with Gasteiger partial charge in [0.15, 0.2) is 11.5 Å². The Morgan fingerprint density at radius 2 is 1.77 bits per heavy atom. The standard InChI is InChI=1S/C26H29N3O2/c1-14-9-18-19(10-15(14)2)28-21-13-26-7-8-29(3)22(17(26)12-20(21)27-18)11-16-5-6-23(31-4)25(30)24(16)26/h5-6,9-10,17,22,30H,7-8,11-13H2,1-4H3/t17?,22-,26?/m0/s1. The molecule has 6 rings (SSSR count). The number of aromatic hydroxyl groups is 1. The molecule has 1 aliphatic heterocycles. The molecule has 5 nitrogen and oxygen atoms in total. The molecule has 2 bridgehead atoms. The Morgan fingerprint density at radius 3 is 2.48 bits per heavy atom. The van der Waals surface area contributed by atoms with E-state index in [-0.39, 0.29) is 5.41 Å². The van der Waals surface area contributed by atoms with Gasteiger partial charge in [-0.05, 0) is 87.5 Å². The Morgan fingerprint density at radius 1 is 1.06 bits per heavy atom. The number of fused-ring (bicyclic) bond motifs is 3. The summed E-state index contributed by atoms with van der Waals surface area (Å²) >= 11 is 0. The van der Waals surface area contributed by atoms with Gasteiger partial charge in [0.2, 0.25) is 0 Å². The fourth-order valence-corrected chi connectivity index (χ4v) is 6.58. The van der Waals surface area contributed by atoms with Crippen molar-refractivity contribution in [2.24, 2.45) is 5.92 Å². The van der Waals surface area contributed by atoms with Crippen LogP contribution in [-0.2, 0) is 24.7 Å². The summed E-state index contributed by atoms with van der Waals surface area (Å²) in [6.07, 6.45) is 3.73. The van der Waals surface area contributed by atoms with E-state index < -0.39 is 0 Å². The highest BCUT2D eigenvalue weighted by Gasteiger charge is 2.56. The number of hydrogen-bond donors (Lipinski definition) is 1. The van der Waals surface area contributed by atoms with Crippen LogP contribution in [0.4, 0.5) is 0 Å². The largest absolute Gasteiger partial charge is 0.504 e. The van der Waals surface area contributed by atoms with Crippen LogP contribution in [0.5, 0.6) is 11.5 Å². The number of nitrogens with zero attached hydrogens (tertiary/aromatic N) is 3. The number of ether oxygens (including phenoxy) is 1. The lowest BCUT2D eigenvalue weighted by Crippen LogP contribution is -2.61. The number of phenols is 1. The van der Waals surface area contributed by atoms with Gasteiger partial charge >= 0.3 is 0 Å². The number of piperidine rings is 1. The second-order valence-corrected chi connectivity index (χ2v) is 9.84. The quantitative estimate of drug-likeness (QED) is 0.654. The molecule has 2 aromatic carbocycles. The average molecular weight is 416 g/mol. The smallest absolute Gasteiger partial charge is 0.161 e. The summed E-state index contributed by atoms with van der Waals surface area (Å²) in [5, 5.41) is 11.3. The number of likely N-dealkylation sites (tertiary alicyclic amines) is 1.